The molecule has 0 fully saturated rings. The molecule has 0 aliphatic carbocycles. The number of benzene rings is 2. The summed E-state index contributed by atoms with van der Waals surface area (Å²) in [4.78, 5) is 12.1. The quantitative estimate of drug-likeness (QED) is 0.797. The van der Waals surface area contributed by atoms with Gasteiger partial charge in [0.1, 0.15) is 5.75 Å². The molecule has 4 nitrogen and oxygen atoms in total. The minimum Gasteiger partial charge on any atom is -0.349 e. The van der Waals surface area contributed by atoms with Gasteiger partial charge in [-0.05, 0) is 42.2 Å². The zero-order valence-electron chi connectivity index (χ0n) is 14.3. The number of carbonyl (C=O) groups excluding carboxylic acids is 1. The van der Waals surface area contributed by atoms with Crippen molar-refractivity contribution < 1.29 is 13.2 Å². The Balaban J connectivity index is 1.94. The molecule has 0 aliphatic rings. The minimum absolute atomic E-state index is 0.183. The lowest BCUT2D eigenvalue weighted by molar-refractivity contribution is -0.119. The normalized spacial score (nSPS) is 12.6. The van der Waals surface area contributed by atoms with Crippen LogP contribution in [0.5, 0.6) is 0 Å². The zero-order chi connectivity index (χ0) is 18.4. The van der Waals surface area contributed by atoms with Gasteiger partial charge in [0, 0.05) is 5.02 Å². The molecule has 0 heterocycles. The third-order valence-electron chi connectivity index (χ3n) is 3.92. The van der Waals surface area contributed by atoms with E-state index in [0.717, 1.165) is 12.0 Å². The smallest absolute Gasteiger partial charge is 0.235 e. The van der Waals surface area contributed by atoms with Crippen molar-refractivity contribution in [2.45, 2.75) is 32.1 Å². The minimum atomic E-state index is -3.54. The first-order valence-electron chi connectivity index (χ1n) is 8.12. The number of hydrogen-bond acceptors (Lipinski definition) is 3. The van der Waals surface area contributed by atoms with Crippen molar-refractivity contribution in [2.75, 3.05) is 5.75 Å². The number of carbonyl (C=O) groups is 1. The molecular formula is C19H22ClNO3S. The summed E-state index contributed by atoms with van der Waals surface area (Å²) in [6, 6.07) is 14.2. The van der Waals surface area contributed by atoms with Crippen molar-refractivity contribution in [3.05, 3.63) is 70.2 Å². The Hall–Kier alpha value is -1.85. The highest BCUT2D eigenvalue weighted by Gasteiger charge is 2.19. The Morgan fingerprint density at radius 1 is 1.04 bits per heavy atom. The third kappa shape index (κ3) is 6.18. The summed E-state index contributed by atoms with van der Waals surface area (Å²) in [5.74, 6) is -1.22. The maximum absolute atomic E-state index is 12.2. The van der Waals surface area contributed by atoms with Gasteiger partial charge in [0.25, 0.3) is 0 Å². The van der Waals surface area contributed by atoms with Gasteiger partial charge in [-0.1, -0.05) is 54.9 Å². The lowest BCUT2D eigenvalue weighted by Gasteiger charge is -2.15. The average molecular weight is 380 g/mol. The fourth-order valence-corrected chi connectivity index (χ4v) is 3.91. The Bertz CT molecular complexity index is 815. The molecule has 2 aromatic rings. The van der Waals surface area contributed by atoms with Crippen LogP contribution in [-0.4, -0.2) is 20.1 Å². The van der Waals surface area contributed by atoms with Crippen molar-refractivity contribution >= 4 is 27.3 Å². The van der Waals surface area contributed by atoms with Gasteiger partial charge in [0.2, 0.25) is 5.91 Å². The van der Waals surface area contributed by atoms with Gasteiger partial charge < -0.3 is 5.32 Å². The predicted molar refractivity (Wildman–Crippen MR) is 101 cm³/mol. The van der Waals surface area contributed by atoms with Gasteiger partial charge in [0.05, 0.1) is 11.8 Å². The number of halogens is 1. The molecule has 0 aliphatic heterocycles. The van der Waals surface area contributed by atoms with E-state index in [4.69, 9.17) is 11.6 Å². The van der Waals surface area contributed by atoms with Gasteiger partial charge in [-0.15, -0.1) is 0 Å². The Labute approximate surface area is 154 Å². The molecule has 25 heavy (non-hydrogen) atoms. The fourth-order valence-electron chi connectivity index (χ4n) is 2.49. The van der Waals surface area contributed by atoms with E-state index in [1.165, 1.54) is 5.56 Å². The van der Waals surface area contributed by atoms with Crippen LogP contribution in [0.15, 0.2) is 48.5 Å². The highest BCUT2D eigenvalue weighted by Crippen LogP contribution is 2.15. The second-order valence-corrected chi connectivity index (χ2v) is 8.54. The van der Waals surface area contributed by atoms with Gasteiger partial charge >= 0.3 is 0 Å². The summed E-state index contributed by atoms with van der Waals surface area (Å²) in [5.41, 5.74) is 2.77. The van der Waals surface area contributed by atoms with Crippen molar-refractivity contribution in [2.24, 2.45) is 0 Å². The highest BCUT2D eigenvalue weighted by atomic mass is 35.5. The molecule has 0 saturated heterocycles. The zero-order valence-corrected chi connectivity index (χ0v) is 15.9. The number of sulfone groups is 1. The predicted octanol–water partition coefficient (Wildman–Crippen LogP) is 3.69. The average Bonchev–Trinajstić information content (AvgIpc) is 2.56. The first kappa shape index (κ1) is 19.5. The van der Waals surface area contributed by atoms with Crippen LogP contribution in [0.4, 0.5) is 0 Å². The van der Waals surface area contributed by atoms with Gasteiger partial charge in [-0.3, -0.25) is 4.79 Å². The molecule has 0 spiro atoms. The molecule has 1 atom stereocenters. The van der Waals surface area contributed by atoms with Crippen LogP contribution in [-0.2, 0) is 26.8 Å². The Kier molecular flexibility index (Phi) is 6.62. The second kappa shape index (κ2) is 8.50. The van der Waals surface area contributed by atoms with Crippen LogP contribution < -0.4 is 5.32 Å². The van der Waals surface area contributed by atoms with E-state index in [1.54, 1.807) is 24.3 Å². The molecule has 0 saturated carbocycles. The number of amides is 1. The van der Waals surface area contributed by atoms with E-state index in [-0.39, 0.29) is 11.8 Å². The van der Waals surface area contributed by atoms with Gasteiger partial charge in [-0.25, -0.2) is 8.42 Å². The third-order valence-corrected chi connectivity index (χ3v) is 5.64. The Morgan fingerprint density at radius 3 is 2.16 bits per heavy atom. The molecule has 6 heteroatoms. The van der Waals surface area contributed by atoms with Crippen LogP contribution in [0.3, 0.4) is 0 Å². The Morgan fingerprint density at radius 2 is 1.60 bits per heavy atom. The summed E-state index contributed by atoms with van der Waals surface area (Å²) in [6.45, 7) is 3.91. The molecule has 1 unspecified atom stereocenters. The topological polar surface area (TPSA) is 63.2 Å². The van der Waals surface area contributed by atoms with E-state index in [9.17, 15) is 13.2 Å². The van der Waals surface area contributed by atoms with E-state index in [2.05, 4.69) is 12.2 Å². The van der Waals surface area contributed by atoms with Crippen LogP contribution in [0, 0.1) is 0 Å². The molecule has 0 radical (unpaired) electrons. The SMILES string of the molecule is CCc1ccc(C(C)NC(=O)CS(=O)(=O)Cc2ccc(Cl)cc2)cc1. The lowest BCUT2D eigenvalue weighted by Crippen LogP contribution is -2.32. The summed E-state index contributed by atoms with van der Waals surface area (Å²) in [6.07, 6.45) is 0.948. The van der Waals surface area contributed by atoms with Gasteiger partial charge in [0.15, 0.2) is 9.84 Å². The molecule has 0 bridgehead atoms. The molecular weight excluding hydrogens is 358 g/mol. The monoisotopic (exact) mass is 379 g/mol. The molecule has 2 rings (SSSR count). The first-order chi connectivity index (χ1) is 11.8. The van der Waals surface area contributed by atoms with Crippen LogP contribution in [0.1, 0.15) is 36.6 Å². The number of rotatable bonds is 7. The number of aryl methyl sites for hydroxylation is 1. The molecule has 1 N–H and O–H groups in total. The largest absolute Gasteiger partial charge is 0.349 e. The fraction of sp³-hybridized carbons (Fsp3) is 0.316. The highest BCUT2D eigenvalue weighted by molar-refractivity contribution is 7.91. The standard InChI is InChI=1S/C19H22ClNO3S/c1-3-15-4-8-17(9-5-15)14(2)21-19(22)13-25(23,24)12-16-6-10-18(20)11-7-16/h4-11,14H,3,12-13H2,1-2H3,(H,21,22). The second-order valence-electron chi connectivity index (χ2n) is 6.04. The van der Waals surface area contributed by atoms with E-state index >= 15 is 0 Å². The molecule has 1 amide bonds. The van der Waals surface area contributed by atoms with Crippen molar-refractivity contribution in [3.8, 4) is 0 Å². The summed E-state index contributed by atoms with van der Waals surface area (Å²) < 4.78 is 24.4. The maximum atomic E-state index is 12.2. The maximum Gasteiger partial charge on any atom is 0.235 e. The molecule has 2 aromatic carbocycles. The van der Waals surface area contributed by atoms with Crippen molar-refractivity contribution in [3.63, 3.8) is 0 Å². The summed E-state index contributed by atoms with van der Waals surface area (Å²) in [5, 5.41) is 3.29. The number of hydrogen-bond donors (Lipinski definition) is 1. The van der Waals surface area contributed by atoms with E-state index in [0.29, 0.717) is 10.6 Å². The molecule has 0 aromatic heterocycles. The number of nitrogens with one attached hydrogen (secondary N) is 1. The van der Waals surface area contributed by atoms with Crippen molar-refractivity contribution in [1.82, 2.24) is 5.32 Å². The summed E-state index contributed by atoms with van der Waals surface area (Å²) >= 11 is 5.79. The van der Waals surface area contributed by atoms with E-state index < -0.39 is 21.5 Å². The van der Waals surface area contributed by atoms with Gasteiger partial charge in [-0.2, -0.15) is 0 Å². The van der Waals surface area contributed by atoms with Crippen LogP contribution in [0.2, 0.25) is 5.02 Å². The first-order valence-corrected chi connectivity index (χ1v) is 10.3. The van der Waals surface area contributed by atoms with Crippen molar-refractivity contribution in [1.29, 1.82) is 0 Å². The summed E-state index contributed by atoms with van der Waals surface area (Å²) in [7, 11) is -3.54. The van der Waals surface area contributed by atoms with Crippen LogP contribution in [0.25, 0.3) is 0 Å². The lowest BCUT2D eigenvalue weighted by atomic mass is 10.1. The van der Waals surface area contributed by atoms with E-state index in [1.807, 2.05) is 31.2 Å². The molecule has 134 valence electrons. The van der Waals surface area contributed by atoms with Crippen LogP contribution >= 0.6 is 11.6 Å².